The number of hydrogen-bond acceptors (Lipinski definition) is 6. The number of hydrogen-bond donors (Lipinski definition) is 1. The van der Waals surface area contributed by atoms with Crippen LogP contribution in [0.5, 0.6) is 0 Å². The number of nitro groups is 1. The molecule has 2 heterocycles. The fraction of sp³-hybridized carbons (Fsp3) is 0.167. The first-order valence-electron chi connectivity index (χ1n) is 5.46. The van der Waals surface area contributed by atoms with Gasteiger partial charge in [0.1, 0.15) is 6.07 Å². The summed E-state index contributed by atoms with van der Waals surface area (Å²) in [7, 11) is 0. The lowest BCUT2D eigenvalue weighted by Gasteiger charge is -2.12. The van der Waals surface area contributed by atoms with E-state index in [0.717, 1.165) is 4.88 Å². The minimum atomic E-state index is -0.544. The van der Waals surface area contributed by atoms with Gasteiger partial charge >= 0.3 is 5.69 Å². The average Bonchev–Trinajstić information content (AvgIpc) is 2.92. The van der Waals surface area contributed by atoms with Gasteiger partial charge in [-0.05, 0) is 18.4 Å². The van der Waals surface area contributed by atoms with Crippen LogP contribution in [0.25, 0.3) is 0 Å². The molecule has 2 aromatic heterocycles. The van der Waals surface area contributed by atoms with Gasteiger partial charge in [0.05, 0.1) is 16.5 Å². The van der Waals surface area contributed by atoms with Gasteiger partial charge in [0.25, 0.3) is 0 Å². The first kappa shape index (κ1) is 13.0. The molecule has 6 nitrogen and oxygen atoms in total. The summed E-state index contributed by atoms with van der Waals surface area (Å²) in [5, 5.41) is 24.6. The second kappa shape index (κ2) is 5.46. The molecule has 0 saturated heterocycles. The lowest BCUT2D eigenvalue weighted by atomic mass is 10.2. The fourth-order valence-corrected chi connectivity index (χ4v) is 2.31. The maximum absolute atomic E-state index is 11.0. The fourth-order valence-electron chi connectivity index (χ4n) is 1.58. The molecule has 7 heteroatoms. The standard InChI is InChI=1S/C12H10N4O2S/c1-8(11-3-2-4-19-11)15-12-10(16(17)18)5-9(6-13)7-14-12/h2-5,7-8H,1H3,(H,14,15). The van der Waals surface area contributed by atoms with E-state index in [2.05, 4.69) is 10.3 Å². The summed E-state index contributed by atoms with van der Waals surface area (Å²) in [5.74, 6) is 0.171. The van der Waals surface area contributed by atoms with Crippen molar-refractivity contribution < 1.29 is 4.92 Å². The minimum absolute atomic E-state index is 0.0841. The van der Waals surface area contributed by atoms with Gasteiger partial charge in [0.2, 0.25) is 5.82 Å². The van der Waals surface area contributed by atoms with E-state index in [1.807, 2.05) is 30.5 Å². The SMILES string of the molecule is CC(Nc1ncc(C#N)cc1[N+](=O)[O-])c1cccs1. The summed E-state index contributed by atoms with van der Waals surface area (Å²) in [6.45, 7) is 1.90. The summed E-state index contributed by atoms with van der Waals surface area (Å²) in [5.41, 5.74) is -0.0246. The van der Waals surface area contributed by atoms with Crippen LogP contribution in [0.2, 0.25) is 0 Å². The Morgan fingerprint density at radius 2 is 2.42 bits per heavy atom. The monoisotopic (exact) mass is 274 g/mol. The van der Waals surface area contributed by atoms with Gasteiger partial charge in [-0.25, -0.2) is 4.98 Å². The van der Waals surface area contributed by atoms with Crippen molar-refractivity contribution in [2.45, 2.75) is 13.0 Å². The predicted octanol–water partition coefficient (Wildman–Crippen LogP) is 3.10. The number of nitriles is 1. The van der Waals surface area contributed by atoms with Crippen molar-refractivity contribution >= 4 is 22.8 Å². The number of thiophene rings is 1. The van der Waals surface area contributed by atoms with Crippen molar-refractivity contribution in [3.05, 3.63) is 50.3 Å². The summed E-state index contributed by atoms with van der Waals surface area (Å²) in [4.78, 5) is 15.4. The van der Waals surface area contributed by atoms with Crippen LogP contribution in [0.4, 0.5) is 11.5 Å². The van der Waals surface area contributed by atoms with E-state index < -0.39 is 4.92 Å². The molecule has 96 valence electrons. The van der Waals surface area contributed by atoms with E-state index in [9.17, 15) is 10.1 Å². The molecular weight excluding hydrogens is 264 g/mol. The van der Waals surface area contributed by atoms with Gasteiger partial charge in [-0.3, -0.25) is 10.1 Å². The van der Waals surface area contributed by atoms with Crippen LogP contribution in [-0.2, 0) is 0 Å². The Labute approximate surface area is 113 Å². The van der Waals surface area contributed by atoms with Crippen LogP contribution < -0.4 is 5.32 Å². The first-order chi connectivity index (χ1) is 9.11. The Balaban J connectivity index is 2.30. The number of rotatable bonds is 4. The van der Waals surface area contributed by atoms with Crippen LogP contribution >= 0.6 is 11.3 Å². The van der Waals surface area contributed by atoms with E-state index in [-0.39, 0.29) is 23.1 Å². The highest BCUT2D eigenvalue weighted by Gasteiger charge is 2.18. The summed E-state index contributed by atoms with van der Waals surface area (Å²) in [6, 6.07) is 6.83. The third-order valence-electron chi connectivity index (χ3n) is 2.52. The van der Waals surface area contributed by atoms with Gasteiger partial charge in [-0.2, -0.15) is 5.26 Å². The maximum atomic E-state index is 11.0. The molecule has 0 aliphatic heterocycles. The number of pyridine rings is 1. The topological polar surface area (TPSA) is 91.8 Å². The Hall–Kier alpha value is -2.46. The molecule has 0 aromatic carbocycles. The van der Waals surface area contributed by atoms with Crippen LogP contribution in [0.3, 0.4) is 0 Å². The van der Waals surface area contributed by atoms with Crippen LogP contribution in [0, 0.1) is 21.4 Å². The minimum Gasteiger partial charge on any atom is -0.357 e. The first-order valence-corrected chi connectivity index (χ1v) is 6.34. The molecule has 0 aliphatic carbocycles. The smallest absolute Gasteiger partial charge is 0.312 e. The Morgan fingerprint density at radius 3 is 3.00 bits per heavy atom. The zero-order valence-corrected chi connectivity index (χ0v) is 10.8. The van der Waals surface area contributed by atoms with Crippen molar-refractivity contribution in [2.24, 2.45) is 0 Å². The highest BCUT2D eigenvalue weighted by Crippen LogP contribution is 2.28. The molecule has 0 bridgehead atoms. The molecular formula is C12H10N4O2S. The highest BCUT2D eigenvalue weighted by molar-refractivity contribution is 7.10. The molecule has 0 saturated carbocycles. The average molecular weight is 274 g/mol. The normalized spacial score (nSPS) is 11.6. The molecule has 0 spiro atoms. The van der Waals surface area contributed by atoms with E-state index in [1.165, 1.54) is 12.3 Å². The second-order valence-electron chi connectivity index (χ2n) is 3.84. The Kier molecular flexibility index (Phi) is 3.73. The van der Waals surface area contributed by atoms with E-state index in [1.54, 1.807) is 11.3 Å². The molecule has 0 aliphatic rings. The number of nitrogens with one attached hydrogen (secondary N) is 1. The van der Waals surface area contributed by atoms with Crippen molar-refractivity contribution in [1.82, 2.24) is 4.98 Å². The van der Waals surface area contributed by atoms with Crippen molar-refractivity contribution in [3.63, 3.8) is 0 Å². The van der Waals surface area contributed by atoms with E-state index in [0.29, 0.717) is 0 Å². The predicted molar refractivity (Wildman–Crippen MR) is 72.0 cm³/mol. The van der Waals surface area contributed by atoms with Crippen molar-refractivity contribution in [1.29, 1.82) is 5.26 Å². The Bertz CT molecular complexity index is 634. The summed E-state index contributed by atoms with van der Waals surface area (Å²) >= 11 is 1.56. The molecule has 2 rings (SSSR count). The van der Waals surface area contributed by atoms with Gasteiger partial charge in [-0.15, -0.1) is 11.3 Å². The molecule has 0 fully saturated rings. The lowest BCUT2D eigenvalue weighted by Crippen LogP contribution is -2.08. The molecule has 1 atom stereocenters. The maximum Gasteiger partial charge on any atom is 0.312 e. The lowest BCUT2D eigenvalue weighted by molar-refractivity contribution is -0.384. The van der Waals surface area contributed by atoms with Crippen molar-refractivity contribution in [2.75, 3.05) is 5.32 Å². The van der Waals surface area contributed by atoms with Gasteiger partial charge in [0, 0.05) is 17.1 Å². The quantitative estimate of drug-likeness (QED) is 0.683. The third-order valence-corrected chi connectivity index (χ3v) is 3.57. The third kappa shape index (κ3) is 2.86. The van der Waals surface area contributed by atoms with Gasteiger partial charge in [-0.1, -0.05) is 6.07 Å². The summed E-state index contributed by atoms with van der Waals surface area (Å²) < 4.78 is 0. The van der Waals surface area contributed by atoms with E-state index >= 15 is 0 Å². The molecule has 0 radical (unpaired) electrons. The van der Waals surface area contributed by atoms with Crippen LogP contribution in [-0.4, -0.2) is 9.91 Å². The molecule has 0 amide bonds. The largest absolute Gasteiger partial charge is 0.357 e. The van der Waals surface area contributed by atoms with Crippen LogP contribution in [0.1, 0.15) is 23.4 Å². The number of anilines is 1. The zero-order valence-electron chi connectivity index (χ0n) is 10.0. The molecule has 2 aromatic rings. The number of nitrogens with zero attached hydrogens (tertiary/aromatic N) is 3. The Morgan fingerprint density at radius 1 is 1.63 bits per heavy atom. The second-order valence-corrected chi connectivity index (χ2v) is 4.82. The highest BCUT2D eigenvalue weighted by atomic mass is 32.1. The molecule has 19 heavy (non-hydrogen) atoms. The van der Waals surface area contributed by atoms with E-state index in [4.69, 9.17) is 5.26 Å². The molecule has 1 unspecified atom stereocenters. The zero-order chi connectivity index (χ0) is 13.8. The van der Waals surface area contributed by atoms with Gasteiger partial charge in [0.15, 0.2) is 0 Å². The summed E-state index contributed by atoms with van der Waals surface area (Å²) in [6.07, 6.45) is 1.32. The van der Waals surface area contributed by atoms with Crippen LogP contribution in [0.15, 0.2) is 29.8 Å². The van der Waals surface area contributed by atoms with Crippen molar-refractivity contribution in [3.8, 4) is 6.07 Å². The molecule has 1 N–H and O–H groups in total. The number of aromatic nitrogens is 1. The van der Waals surface area contributed by atoms with Gasteiger partial charge < -0.3 is 5.32 Å².